The molecule has 4 aromatic rings. The van der Waals surface area contributed by atoms with Crippen LogP contribution in [0.1, 0.15) is 18.7 Å². The van der Waals surface area contributed by atoms with E-state index in [4.69, 9.17) is 40.8 Å². The van der Waals surface area contributed by atoms with Crippen LogP contribution in [-0.4, -0.2) is 92.6 Å². The van der Waals surface area contributed by atoms with Crippen molar-refractivity contribution >= 4 is 70.5 Å². The van der Waals surface area contributed by atoms with Gasteiger partial charge >= 0.3 is 0 Å². The molecule has 0 aromatic carbocycles. The van der Waals surface area contributed by atoms with Gasteiger partial charge in [-0.15, -0.1) is 12.6 Å². The summed E-state index contributed by atoms with van der Waals surface area (Å²) >= 11 is 14.5. The molecular weight excluding hydrogens is 648 g/mol. The minimum absolute atomic E-state index is 0.131. The molecule has 16 nitrogen and oxygen atoms in total. The Balaban J connectivity index is 1.19. The highest BCUT2D eigenvalue weighted by Gasteiger charge is 2.53. The fourth-order valence-corrected chi connectivity index (χ4v) is 8.38. The van der Waals surface area contributed by atoms with Crippen LogP contribution in [0, 0.1) is 0 Å². The van der Waals surface area contributed by atoms with Gasteiger partial charge in [0.2, 0.25) is 11.3 Å². The lowest BCUT2D eigenvalue weighted by Gasteiger charge is -2.31. The molecule has 7 rings (SSSR count). The summed E-state index contributed by atoms with van der Waals surface area (Å²) in [6, 6.07) is -0.620. The Labute approximate surface area is 257 Å². The summed E-state index contributed by atoms with van der Waals surface area (Å²) in [4.78, 5) is 33.4. The van der Waals surface area contributed by atoms with Crippen LogP contribution >= 0.6 is 30.6 Å². The Hall–Kier alpha value is -2.26. The lowest BCUT2D eigenvalue weighted by atomic mass is 10.1. The minimum atomic E-state index is -3.52. The van der Waals surface area contributed by atoms with Gasteiger partial charge < -0.3 is 43.2 Å². The number of rotatable bonds is 2. The number of hydrogen-bond donors (Lipinski definition) is 4. The van der Waals surface area contributed by atoms with Gasteiger partial charge in [0.1, 0.15) is 36.3 Å². The quantitative estimate of drug-likeness (QED) is 0.171. The zero-order valence-corrected chi connectivity index (χ0v) is 25.6. The summed E-state index contributed by atoms with van der Waals surface area (Å²) in [7, 11) is 1.57. The van der Waals surface area contributed by atoms with Gasteiger partial charge in [0.05, 0.1) is 37.7 Å². The number of aromatic nitrogens is 8. The molecule has 6 heterocycles. The van der Waals surface area contributed by atoms with Crippen LogP contribution in [0.3, 0.4) is 0 Å². The summed E-state index contributed by atoms with van der Waals surface area (Å²) in [5, 5.41) is 11.3. The summed E-state index contributed by atoms with van der Waals surface area (Å²) in [6.07, 6.45) is -2.91. The predicted octanol–water partition coefficient (Wildman–Crippen LogP) is 0.647. The van der Waals surface area contributed by atoms with Gasteiger partial charge in [0, 0.05) is 13.5 Å². The van der Waals surface area contributed by atoms with Crippen molar-refractivity contribution in [2.75, 3.05) is 12.3 Å². The molecule has 21 heteroatoms. The first-order valence-corrected chi connectivity index (χ1v) is 17.3. The molecule has 2 bridgehead atoms. The number of fused-ring (bicyclic) bond motifs is 5. The standard InChI is InChI=1S/C22H25FN9O7PS3/c1-30-5-29-19-13(20(30)34)28-6-31(19)8-2-9-14(33)15(8)37-22(41)35-3-10-16(39-40(42,43)38-9)11(23)21(36-10)32-7-27-12-17(24)25-4-26-18(12)32/h4-11,14-16,21-22,33,41H,2-3H2,1H3,(H,42,43)(H2,24,25,26)/t8-,9+,10-,11-,14-,15+,16-,21-,22?/m1/s1. The average Bonchev–Trinajstić information content (AvgIpc) is 3.72. The number of nitrogens with two attached hydrogens (primary N) is 1. The molecule has 2 unspecified atom stereocenters. The van der Waals surface area contributed by atoms with Gasteiger partial charge in [-0.3, -0.25) is 9.36 Å². The Morgan fingerprint density at radius 3 is 2.60 bits per heavy atom. The molecule has 3 fully saturated rings. The van der Waals surface area contributed by atoms with E-state index in [2.05, 4.69) is 49.8 Å². The first-order chi connectivity index (χ1) is 20.5. The van der Waals surface area contributed by atoms with Gasteiger partial charge in [-0.05, 0) is 11.8 Å². The SMILES string of the molecule is Cn1cnc2c(ncn2[C@@H]2C[C@@H]3OP(=S)(S)O[C@H]4[C@@H](F)[C@H](n5cnc6c(N)ncnc65)O[C@@H]4COC(S)O[C@@H]2[C@@H]3O)c1=O. The molecule has 230 valence electrons. The van der Waals surface area contributed by atoms with Crippen molar-refractivity contribution in [2.45, 2.75) is 61.0 Å². The molecule has 2 aliphatic heterocycles. The first-order valence-electron chi connectivity index (χ1n) is 13.0. The van der Waals surface area contributed by atoms with Crippen molar-refractivity contribution in [1.82, 2.24) is 38.6 Å². The highest BCUT2D eigenvalue weighted by atomic mass is 32.9. The Morgan fingerprint density at radius 1 is 1.05 bits per heavy atom. The third-order valence-corrected chi connectivity index (χ3v) is 10.1. The maximum absolute atomic E-state index is 16.1. The van der Waals surface area contributed by atoms with E-state index >= 15 is 4.39 Å². The predicted molar refractivity (Wildman–Crippen MR) is 158 cm³/mol. The van der Waals surface area contributed by atoms with E-state index in [-0.39, 0.29) is 41.1 Å². The number of hydrogen-bond acceptors (Lipinski definition) is 15. The first kappa shape index (κ1) is 29.5. The molecule has 1 saturated carbocycles. The number of anilines is 1. The van der Waals surface area contributed by atoms with E-state index in [1.807, 2.05) is 0 Å². The minimum Gasteiger partial charge on any atom is -0.388 e. The summed E-state index contributed by atoms with van der Waals surface area (Å²) in [5.74, 6) is 0.131. The molecule has 0 spiro atoms. The number of nitrogens with zero attached hydrogens (tertiary/aromatic N) is 8. The van der Waals surface area contributed by atoms with Crippen LogP contribution in [0.4, 0.5) is 10.2 Å². The zero-order valence-electron chi connectivity index (χ0n) is 22.1. The molecule has 10 atom stereocenters. The molecule has 43 heavy (non-hydrogen) atoms. The maximum atomic E-state index is 16.1. The Morgan fingerprint density at radius 2 is 1.79 bits per heavy atom. The number of nitrogen functional groups attached to an aromatic ring is 1. The van der Waals surface area contributed by atoms with Crippen LogP contribution in [0.5, 0.6) is 0 Å². The number of alkyl halides is 1. The molecule has 2 saturated heterocycles. The summed E-state index contributed by atoms with van der Waals surface area (Å²) in [5.41, 5.74) is 1.85. The molecule has 3 aliphatic rings. The van der Waals surface area contributed by atoms with E-state index < -0.39 is 60.3 Å². The maximum Gasteiger partial charge on any atom is 0.281 e. The van der Waals surface area contributed by atoms with Gasteiger partial charge in [-0.25, -0.2) is 29.3 Å². The van der Waals surface area contributed by atoms with E-state index in [0.717, 1.165) is 0 Å². The van der Waals surface area contributed by atoms with Crippen molar-refractivity contribution < 1.29 is 32.8 Å². The zero-order chi connectivity index (χ0) is 30.2. The van der Waals surface area contributed by atoms with Crippen molar-refractivity contribution in [3.05, 3.63) is 35.7 Å². The molecule has 4 aromatic heterocycles. The van der Waals surface area contributed by atoms with Gasteiger partial charge in [0.15, 0.2) is 35.0 Å². The van der Waals surface area contributed by atoms with Gasteiger partial charge in [-0.2, -0.15) is 0 Å². The van der Waals surface area contributed by atoms with Crippen LogP contribution in [0.25, 0.3) is 22.3 Å². The number of aliphatic hydroxyl groups excluding tert-OH is 1. The van der Waals surface area contributed by atoms with Crippen LogP contribution in [-0.2, 0) is 42.1 Å². The molecular formula is C22H25FN9O7PS3. The van der Waals surface area contributed by atoms with Crippen LogP contribution < -0.4 is 11.3 Å². The lowest BCUT2D eigenvalue weighted by Crippen LogP contribution is -2.40. The van der Waals surface area contributed by atoms with Crippen LogP contribution in [0.2, 0.25) is 0 Å². The molecule has 1 aliphatic carbocycles. The molecule has 3 N–H and O–H groups in total. The van der Waals surface area contributed by atoms with E-state index in [9.17, 15) is 9.90 Å². The van der Waals surface area contributed by atoms with Gasteiger partial charge in [-0.1, -0.05) is 12.2 Å². The largest absolute Gasteiger partial charge is 0.388 e. The fourth-order valence-electron chi connectivity index (χ4n) is 5.67. The smallest absolute Gasteiger partial charge is 0.281 e. The summed E-state index contributed by atoms with van der Waals surface area (Å²) < 4.78 is 50.4. The number of thiol groups is 2. The number of ether oxygens (including phenoxy) is 3. The van der Waals surface area contributed by atoms with E-state index in [1.54, 1.807) is 11.6 Å². The lowest BCUT2D eigenvalue weighted by molar-refractivity contribution is -0.171. The van der Waals surface area contributed by atoms with E-state index in [0.29, 0.717) is 5.65 Å². The topological polar surface area (TPSA) is 189 Å². The Bertz CT molecular complexity index is 1810. The van der Waals surface area contributed by atoms with Crippen molar-refractivity contribution in [3.63, 3.8) is 0 Å². The normalized spacial score (nSPS) is 36.9. The summed E-state index contributed by atoms with van der Waals surface area (Å²) in [6.45, 7) is -0.231. The van der Waals surface area contributed by atoms with Crippen LogP contribution in [0.15, 0.2) is 30.1 Å². The number of aliphatic hydroxyl groups is 1. The molecule has 0 amide bonds. The van der Waals surface area contributed by atoms with Gasteiger partial charge in [0.25, 0.3) is 5.56 Å². The third-order valence-electron chi connectivity index (χ3n) is 7.70. The third kappa shape index (κ3) is 5.06. The second-order valence-corrected chi connectivity index (χ2v) is 15.9. The van der Waals surface area contributed by atoms with Crippen molar-refractivity contribution in [3.8, 4) is 0 Å². The highest BCUT2D eigenvalue weighted by Crippen LogP contribution is 2.59. The van der Waals surface area contributed by atoms with E-state index in [1.165, 1.54) is 34.4 Å². The van der Waals surface area contributed by atoms with Crippen molar-refractivity contribution in [2.24, 2.45) is 7.05 Å². The molecule has 0 radical (unpaired) electrons. The number of halogens is 1. The Kier molecular flexibility index (Phi) is 7.51. The second-order valence-electron chi connectivity index (χ2n) is 10.3. The average molecular weight is 674 g/mol. The monoisotopic (exact) mass is 673 g/mol. The second kappa shape index (κ2) is 11.0. The number of imidazole rings is 2. The number of aryl methyl sites for hydroxylation is 1. The highest BCUT2D eigenvalue weighted by molar-refractivity contribution is 8.60. The fraction of sp³-hybridized carbons (Fsp3) is 0.545. The van der Waals surface area contributed by atoms with Crippen molar-refractivity contribution in [1.29, 1.82) is 0 Å².